The zero-order valence-electron chi connectivity index (χ0n) is 12.9. The molecule has 0 radical (unpaired) electrons. The predicted molar refractivity (Wildman–Crippen MR) is 134 cm³/mol. The van der Waals surface area contributed by atoms with Crippen LogP contribution in [0.25, 0.3) is 0 Å². The molecule has 0 amide bonds. The molecular formula is C18H6Cl6I2O. The van der Waals surface area contributed by atoms with E-state index in [1.54, 1.807) is 0 Å². The van der Waals surface area contributed by atoms with Crippen LogP contribution < -0.4 is 4.74 Å². The minimum absolute atomic E-state index is 0.216. The molecule has 9 heteroatoms. The maximum Gasteiger partial charge on any atom is 0.148 e. The van der Waals surface area contributed by atoms with Crippen molar-refractivity contribution in [2.24, 2.45) is 0 Å². The van der Waals surface area contributed by atoms with Crippen molar-refractivity contribution >= 4 is 115 Å². The van der Waals surface area contributed by atoms with E-state index < -0.39 is 7.85 Å². The molecule has 0 aliphatic rings. The van der Waals surface area contributed by atoms with Crippen LogP contribution in [-0.4, -0.2) is 0 Å². The van der Waals surface area contributed by atoms with Gasteiger partial charge in [-0.25, -0.2) is 0 Å². The molecule has 0 saturated heterocycles. The maximum absolute atomic E-state index is 6.46. The number of benzene rings is 2. The zero-order valence-corrected chi connectivity index (χ0v) is 21.7. The smallest absolute Gasteiger partial charge is 0.148 e. The summed E-state index contributed by atoms with van der Waals surface area (Å²) in [6.07, 6.45) is 11.0. The Bertz CT molecular complexity index is 914. The van der Waals surface area contributed by atoms with Gasteiger partial charge < -0.3 is 4.74 Å². The third kappa shape index (κ3) is 5.01. The van der Waals surface area contributed by atoms with Crippen LogP contribution in [0.2, 0.25) is 30.1 Å². The Hall–Kier alpha value is 0.560. The summed E-state index contributed by atoms with van der Waals surface area (Å²) in [6, 6.07) is 2.94. The second-order valence-electron chi connectivity index (χ2n) is 4.96. The molecule has 2 atom stereocenters. The van der Waals surface area contributed by atoms with Crippen molar-refractivity contribution in [3.8, 4) is 36.2 Å². The van der Waals surface area contributed by atoms with E-state index in [0.717, 1.165) is 0 Å². The molecule has 140 valence electrons. The number of terminal acetylenes is 2. The third-order valence-electron chi connectivity index (χ3n) is 3.33. The second kappa shape index (κ2) is 10.0. The molecule has 2 rings (SSSR count). The fourth-order valence-electron chi connectivity index (χ4n) is 2.08. The van der Waals surface area contributed by atoms with Gasteiger partial charge in [0.05, 0.1) is 38.0 Å². The van der Waals surface area contributed by atoms with E-state index in [2.05, 4.69) is 11.8 Å². The van der Waals surface area contributed by atoms with Crippen LogP contribution in [0.3, 0.4) is 0 Å². The summed E-state index contributed by atoms with van der Waals surface area (Å²) in [5, 5.41) is 1.41. The van der Waals surface area contributed by atoms with Gasteiger partial charge in [0, 0.05) is 23.3 Å². The summed E-state index contributed by atoms with van der Waals surface area (Å²) in [5.74, 6) is 5.55. The van der Waals surface area contributed by atoms with Crippen molar-refractivity contribution in [3.05, 3.63) is 53.4 Å². The van der Waals surface area contributed by atoms with Gasteiger partial charge in [0.25, 0.3) is 0 Å². The molecule has 1 nitrogen and oxygen atoms in total. The van der Waals surface area contributed by atoms with Crippen LogP contribution >= 0.6 is 115 Å². The van der Waals surface area contributed by atoms with Gasteiger partial charge >= 0.3 is 0 Å². The van der Waals surface area contributed by atoms with Gasteiger partial charge in [-0.05, 0) is 0 Å². The first-order chi connectivity index (χ1) is 12.6. The molecule has 0 saturated carbocycles. The Morgan fingerprint density at radius 3 is 1.33 bits per heavy atom. The predicted octanol–water partition coefficient (Wildman–Crippen LogP) is 9.62. The summed E-state index contributed by atoms with van der Waals surface area (Å²) < 4.78 is 5.06. The quantitative estimate of drug-likeness (QED) is 0.133. The molecule has 2 aromatic rings. The fourth-order valence-corrected chi connectivity index (χ4v) is 5.67. The van der Waals surface area contributed by atoms with E-state index in [1.165, 1.54) is 12.1 Å². The Labute approximate surface area is 214 Å². The number of rotatable bonds is 4. The molecule has 0 aromatic heterocycles. The molecule has 0 fully saturated rings. The van der Waals surface area contributed by atoms with Gasteiger partial charge in [-0.3, -0.25) is 0 Å². The lowest BCUT2D eigenvalue weighted by molar-refractivity contribution is 0.482. The standard InChI is InChI=1S/C18H6Cl6I2O/c1-3-9(25)13-15(21)7(19)5-11(17(13)23)27-12-6-8(20)16(22)14(18(12)24)10(26)4-2/h1-2,5-6,9-10H. The Kier molecular flexibility index (Phi) is 8.87. The van der Waals surface area contributed by atoms with Crippen molar-refractivity contribution in [3.63, 3.8) is 0 Å². The van der Waals surface area contributed by atoms with Gasteiger partial charge in [-0.2, -0.15) is 0 Å². The normalized spacial score (nSPS) is 12.8. The van der Waals surface area contributed by atoms with E-state index >= 15 is 0 Å². The first kappa shape index (κ1) is 23.8. The topological polar surface area (TPSA) is 9.23 Å². The largest absolute Gasteiger partial charge is 0.454 e. The van der Waals surface area contributed by atoms with Crippen LogP contribution in [0.4, 0.5) is 0 Å². The lowest BCUT2D eigenvalue weighted by atomic mass is 10.1. The average molecular weight is 705 g/mol. The number of alkyl halides is 2. The summed E-state index contributed by atoms with van der Waals surface area (Å²) in [6.45, 7) is 0. The van der Waals surface area contributed by atoms with Crippen LogP contribution in [0, 0.1) is 24.7 Å². The van der Waals surface area contributed by atoms with E-state index in [-0.39, 0.29) is 41.6 Å². The van der Waals surface area contributed by atoms with Gasteiger partial charge in [-0.1, -0.05) is 127 Å². The highest BCUT2D eigenvalue weighted by atomic mass is 127. The molecule has 0 aliphatic carbocycles. The fraction of sp³-hybridized carbons (Fsp3) is 0.111. The van der Waals surface area contributed by atoms with E-state index in [1.807, 2.05) is 45.2 Å². The molecule has 0 aliphatic heterocycles. The SMILES string of the molecule is C#CC(I)c1c(Cl)c(Cl)cc(Oc2cc(Cl)c(Cl)c(C(I)C#C)c2Cl)c1Cl. The van der Waals surface area contributed by atoms with E-state index in [0.29, 0.717) is 11.1 Å². The molecule has 0 heterocycles. The summed E-state index contributed by atoms with van der Waals surface area (Å²) in [4.78, 5) is 0. The van der Waals surface area contributed by atoms with Crippen LogP contribution in [-0.2, 0) is 0 Å². The van der Waals surface area contributed by atoms with Crippen molar-refractivity contribution in [1.29, 1.82) is 0 Å². The van der Waals surface area contributed by atoms with Crippen LogP contribution in [0.1, 0.15) is 19.0 Å². The summed E-state index contributed by atoms with van der Waals surface area (Å²) in [5.41, 5.74) is 0.937. The van der Waals surface area contributed by atoms with Gasteiger partial charge in [-0.15, -0.1) is 12.8 Å². The zero-order chi connectivity index (χ0) is 20.5. The highest BCUT2D eigenvalue weighted by molar-refractivity contribution is 14.1. The van der Waals surface area contributed by atoms with Crippen molar-refractivity contribution in [2.45, 2.75) is 7.85 Å². The average Bonchev–Trinajstić information content (AvgIpc) is 2.63. The molecule has 2 unspecified atom stereocenters. The Morgan fingerprint density at radius 1 is 0.704 bits per heavy atom. The second-order valence-corrected chi connectivity index (χ2v) is 9.77. The van der Waals surface area contributed by atoms with Crippen molar-refractivity contribution < 1.29 is 4.74 Å². The third-order valence-corrected chi connectivity index (χ3v) is 7.68. The minimum atomic E-state index is -0.413. The molecule has 0 N–H and O–H groups in total. The van der Waals surface area contributed by atoms with Crippen LogP contribution in [0.5, 0.6) is 11.5 Å². The first-order valence-corrected chi connectivity index (χ1v) is 11.6. The van der Waals surface area contributed by atoms with E-state index in [9.17, 15) is 0 Å². The first-order valence-electron chi connectivity index (χ1n) is 6.87. The monoisotopic (exact) mass is 702 g/mol. The molecule has 2 aromatic carbocycles. The number of halogens is 8. The Balaban J connectivity index is 2.66. The van der Waals surface area contributed by atoms with Gasteiger partial charge in [0.1, 0.15) is 11.5 Å². The van der Waals surface area contributed by atoms with Gasteiger partial charge in [0.15, 0.2) is 0 Å². The highest BCUT2D eigenvalue weighted by Crippen LogP contribution is 2.49. The molecule has 0 spiro atoms. The number of hydrogen-bond donors (Lipinski definition) is 0. The number of hydrogen-bond acceptors (Lipinski definition) is 1. The molecule has 27 heavy (non-hydrogen) atoms. The summed E-state index contributed by atoms with van der Waals surface area (Å²) >= 11 is 41.9. The van der Waals surface area contributed by atoms with Gasteiger partial charge in [0.2, 0.25) is 0 Å². The van der Waals surface area contributed by atoms with Crippen molar-refractivity contribution in [1.82, 2.24) is 0 Å². The Morgan fingerprint density at radius 2 is 1.04 bits per heavy atom. The van der Waals surface area contributed by atoms with Crippen LogP contribution in [0.15, 0.2) is 12.1 Å². The summed E-state index contributed by atoms with van der Waals surface area (Å²) in [7, 11) is 0. The molecular weight excluding hydrogens is 699 g/mol. The minimum Gasteiger partial charge on any atom is -0.454 e. The lowest BCUT2D eigenvalue weighted by Crippen LogP contribution is -1.97. The van der Waals surface area contributed by atoms with E-state index in [4.69, 9.17) is 87.2 Å². The molecule has 0 bridgehead atoms. The highest BCUT2D eigenvalue weighted by Gasteiger charge is 2.24. The maximum atomic E-state index is 6.46. The lowest BCUT2D eigenvalue weighted by Gasteiger charge is -2.18. The number of ether oxygens (including phenoxy) is 1. The van der Waals surface area contributed by atoms with Crippen molar-refractivity contribution in [2.75, 3.05) is 0 Å².